The molecule has 268 valence electrons. The number of rotatable bonds is 15. The molecular formula is C35H60N10O3. The van der Waals surface area contributed by atoms with Gasteiger partial charge in [0.15, 0.2) is 17.4 Å². The smallest absolute Gasteiger partial charge is 0.343 e. The van der Waals surface area contributed by atoms with Crippen LogP contribution in [0.4, 0.5) is 23.1 Å². The van der Waals surface area contributed by atoms with E-state index in [0.29, 0.717) is 28.8 Å². The van der Waals surface area contributed by atoms with Gasteiger partial charge in [0.25, 0.3) is 0 Å². The van der Waals surface area contributed by atoms with Crippen LogP contribution < -0.4 is 20.7 Å². The maximum absolute atomic E-state index is 12.7. The monoisotopic (exact) mass is 668 g/mol. The van der Waals surface area contributed by atoms with Crippen LogP contribution >= 0.6 is 0 Å². The van der Waals surface area contributed by atoms with Gasteiger partial charge in [0, 0.05) is 26.0 Å². The normalized spacial score (nSPS) is 9.83. The van der Waals surface area contributed by atoms with Gasteiger partial charge in [-0.3, -0.25) is 9.36 Å². The predicted octanol–water partition coefficient (Wildman–Crippen LogP) is 8.03. The van der Waals surface area contributed by atoms with Crippen molar-refractivity contribution in [1.82, 2.24) is 39.8 Å². The largest absolute Gasteiger partial charge is 0.494 e. The van der Waals surface area contributed by atoms with E-state index in [1.807, 2.05) is 43.2 Å². The number of carbonyl (C=O) groups excluding carboxylic acids is 1. The lowest BCUT2D eigenvalue weighted by Crippen LogP contribution is -2.12. The van der Waals surface area contributed by atoms with Crippen LogP contribution in [0, 0.1) is 0 Å². The number of methoxy groups -OCH3 is 1. The van der Waals surface area contributed by atoms with Crippen molar-refractivity contribution in [3.8, 4) is 17.1 Å². The minimum Gasteiger partial charge on any atom is -0.494 e. The fraction of sp³-hybridized carbons (Fsp3) is 0.543. The molecule has 0 fully saturated rings. The van der Waals surface area contributed by atoms with Crippen molar-refractivity contribution in [3.05, 3.63) is 48.7 Å². The molecule has 13 heteroatoms. The van der Waals surface area contributed by atoms with Gasteiger partial charge < -0.3 is 25.4 Å². The van der Waals surface area contributed by atoms with Crippen LogP contribution in [0.5, 0.6) is 5.75 Å². The Morgan fingerprint density at radius 1 is 0.938 bits per heavy atom. The Kier molecular flexibility index (Phi) is 22.3. The highest BCUT2D eigenvalue weighted by molar-refractivity contribution is 5.96. The Morgan fingerprint density at radius 3 is 2.25 bits per heavy atom. The molecule has 0 aliphatic carbocycles. The minimum absolute atomic E-state index is 0. The summed E-state index contributed by atoms with van der Waals surface area (Å²) in [5.74, 6) is 1.05. The summed E-state index contributed by atoms with van der Waals surface area (Å²) in [7, 11) is 7.11. The third-order valence-electron chi connectivity index (χ3n) is 6.23. The van der Waals surface area contributed by atoms with Crippen LogP contribution in [0.2, 0.25) is 0 Å². The molecule has 3 aromatic heterocycles. The molecule has 3 heterocycles. The van der Waals surface area contributed by atoms with E-state index >= 15 is 0 Å². The SMILES string of the molecule is C.C.CCC.CCCCCCCCn1cc(Nc2ncc(C(=O)OCC)c(Nc3cccc(-c4ncn(C)n4)c3OC)n2)cn1.CNC. The number of anilines is 4. The van der Waals surface area contributed by atoms with Crippen molar-refractivity contribution in [3.63, 3.8) is 0 Å². The molecule has 1 aromatic carbocycles. The van der Waals surface area contributed by atoms with Gasteiger partial charge in [-0.1, -0.05) is 80.2 Å². The van der Waals surface area contributed by atoms with Crippen molar-refractivity contribution in [2.24, 2.45) is 7.05 Å². The van der Waals surface area contributed by atoms with Gasteiger partial charge in [0.2, 0.25) is 5.95 Å². The molecule has 4 rings (SSSR count). The number of aryl methyl sites for hydroxylation is 2. The Morgan fingerprint density at radius 2 is 1.62 bits per heavy atom. The first kappa shape index (κ1) is 43.5. The van der Waals surface area contributed by atoms with Crippen molar-refractivity contribution < 1.29 is 14.3 Å². The Labute approximate surface area is 288 Å². The predicted molar refractivity (Wildman–Crippen MR) is 198 cm³/mol. The van der Waals surface area contributed by atoms with E-state index in [1.165, 1.54) is 44.7 Å². The molecule has 48 heavy (non-hydrogen) atoms. The van der Waals surface area contributed by atoms with E-state index in [0.717, 1.165) is 18.7 Å². The van der Waals surface area contributed by atoms with Gasteiger partial charge in [-0.15, -0.1) is 0 Å². The number of hydrogen-bond donors (Lipinski definition) is 3. The number of hydrogen-bond acceptors (Lipinski definition) is 11. The Hall–Kier alpha value is -4.52. The van der Waals surface area contributed by atoms with E-state index in [4.69, 9.17) is 9.47 Å². The van der Waals surface area contributed by atoms with E-state index in [9.17, 15) is 4.79 Å². The highest BCUT2D eigenvalue weighted by atomic mass is 16.5. The Bertz CT molecular complexity index is 1440. The summed E-state index contributed by atoms with van der Waals surface area (Å²) < 4.78 is 14.5. The topological polar surface area (TPSA) is 146 Å². The molecule has 0 saturated heterocycles. The number of para-hydroxylation sites is 1. The lowest BCUT2D eigenvalue weighted by molar-refractivity contribution is 0.0526. The number of unbranched alkanes of at least 4 members (excludes halogenated alkanes) is 5. The molecule has 0 unspecified atom stereocenters. The lowest BCUT2D eigenvalue weighted by atomic mass is 10.1. The zero-order valence-electron chi connectivity index (χ0n) is 28.8. The summed E-state index contributed by atoms with van der Waals surface area (Å²) in [5, 5.41) is 18.0. The van der Waals surface area contributed by atoms with Crippen molar-refractivity contribution in [2.75, 3.05) is 38.4 Å². The van der Waals surface area contributed by atoms with E-state index < -0.39 is 5.97 Å². The molecule has 0 radical (unpaired) electrons. The van der Waals surface area contributed by atoms with Gasteiger partial charge in [0.05, 0.1) is 36.9 Å². The maximum atomic E-state index is 12.7. The summed E-state index contributed by atoms with van der Waals surface area (Å²) in [5.41, 5.74) is 2.21. The second-order valence-corrected chi connectivity index (χ2v) is 10.5. The molecule has 0 aliphatic heterocycles. The minimum atomic E-state index is -0.537. The maximum Gasteiger partial charge on any atom is 0.343 e. The first-order chi connectivity index (χ1) is 22.3. The summed E-state index contributed by atoms with van der Waals surface area (Å²) in [6.07, 6.45) is 15.3. The van der Waals surface area contributed by atoms with Crippen molar-refractivity contribution in [1.29, 1.82) is 0 Å². The summed E-state index contributed by atoms with van der Waals surface area (Å²) in [4.78, 5) is 26.0. The lowest BCUT2D eigenvalue weighted by Gasteiger charge is -2.16. The summed E-state index contributed by atoms with van der Waals surface area (Å²) in [6.45, 7) is 9.29. The van der Waals surface area contributed by atoms with Gasteiger partial charge in [0.1, 0.15) is 11.9 Å². The second kappa shape index (κ2) is 24.6. The number of ether oxygens (including phenoxy) is 2. The molecular weight excluding hydrogens is 608 g/mol. The number of nitrogens with one attached hydrogen (secondary N) is 3. The first-order valence-electron chi connectivity index (χ1n) is 16.1. The zero-order valence-corrected chi connectivity index (χ0v) is 28.8. The van der Waals surface area contributed by atoms with Crippen LogP contribution in [-0.2, 0) is 18.3 Å². The standard InChI is InChI=1S/C28H37N9O3.C3H8.C2H7N.2CH4/c1-5-7-8-9-10-11-15-37-18-20(16-31-37)32-28-29-17-22(27(38)40-6-2)26(34-28)33-23-14-12-13-21(24(23)39-4)25-30-19-36(3)35-25;2*1-3-2;;/h12-14,16-19H,5-11,15H2,1-4H3,(H2,29,32,33,34);3H2,1-2H3;3H,1-2H3;2*1H4. The third kappa shape index (κ3) is 14.1. The second-order valence-electron chi connectivity index (χ2n) is 10.5. The molecule has 13 nitrogen and oxygen atoms in total. The molecule has 0 amide bonds. The van der Waals surface area contributed by atoms with Crippen molar-refractivity contribution in [2.45, 2.75) is 94.0 Å². The number of aromatic nitrogens is 7. The van der Waals surface area contributed by atoms with Gasteiger partial charge in [-0.05, 0) is 39.6 Å². The summed E-state index contributed by atoms with van der Waals surface area (Å²) in [6, 6.07) is 5.53. The number of benzene rings is 1. The van der Waals surface area contributed by atoms with Crippen LogP contribution in [0.15, 0.2) is 43.1 Å². The van der Waals surface area contributed by atoms with E-state index in [1.54, 1.807) is 38.3 Å². The highest BCUT2D eigenvalue weighted by Crippen LogP contribution is 2.36. The van der Waals surface area contributed by atoms with Gasteiger partial charge in [-0.2, -0.15) is 15.2 Å². The summed E-state index contributed by atoms with van der Waals surface area (Å²) >= 11 is 0. The highest BCUT2D eigenvalue weighted by Gasteiger charge is 2.20. The molecule has 3 N–H and O–H groups in total. The third-order valence-corrected chi connectivity index (χ3v) is 6.23. The quantitative estimate of drug-likeness (QED) is 0.0836. The fourth-order valence-corrected chi connectivity index (χ4v) is 4.25. The average molecular weight is 669 g/mol. The van der Waals surface area contributed by atoms with Crippen LogP contribution in [0.3, 0.4) is 0 Å². The molecule has 0 spiro atoms. The number of carbonyl (C=O) groups is 1. The van der Waals surface area contributed by atoms with Crippen LogP contribution in [0.25, 0.3) is 11.4 Å². The number of nitrogens with zero attached hydrogens (tertiary/aromatic N) is 7. The Balaban J connectivity index is 0.00000257. The molecule has 0 bridgehead atoms. The van der Waals surface area contributed by atoms with Gasteiger partial charge in [-0.25, -0.2) is 14.8 Å². The zero-order chi connectivity index (χ0) is 33.7. The van der Waals surface area contributed by atoms with E-state index in [2.05, 4.69) is 61.9 Å². The first-order valence-corrected chi connectivity index (χ1v) is 16.1. The fourth-order valence-electron chi connectivity index (χ4n) is 4.25. The van der Waals surface area contributed by atoms with Crippen molar-refractivity contribution >= 4 is 29.1 Å². The molecule has 4 aromatic rings. The van der Waals surface area contributed by atoms with Crippen LogP contribution in [0.1, 0.15) is 97.9 Å². The number of esters is 1. The van der Waals surface area contributed by atoms with Crippen LogP contribution in [-0.4, -0.2) is 68.3 Å². The molecule has 0 saturated carbocycles. The molecule has 0 atom stereocenters. The average Bonchev–Trinajstić information content (AvgIpc) is 3.68. The van der Waals surface area contributed by atoms with Gasteiger partial charge >= 0.3 is 5.97 Å². The molecule has 0 aliphatic rings. The van der Waals surface area contributed by atoms with E-state index in [-0.39, 0.29) is 32.8 Å².